The van der Waals surface area contributed by atoms with Crippen LogP contribution in [0.15, 0.2) is 22.7 Å². The molecule has 0 spiro atoms. The summed E-state index contributed by atoms with van der Waals surface area (Å²) in [7, 11) is 0. The van der Waals surface area contributed by atoms with Crippen LogP contribution in [-0.4, -0.2) is 17.6 Å². The maximum Gasteiger partial charge on any atom is 0.223 e. The van der Waals surface area contributed by atoms with Gasteiger partial charge in [0, 0.05) is 10.0 Å². The minimum atomic E-state index is -0.633. The molecule has 3 N–H and O–H groups in total. The maximum absolute atomic E-state index is 10.9. The molecule has 1 aromatic carbocycles. The number of ether oxygens (including phenoxy) is 1. The second-order valence-electron chi connectivity index (χ2n) is 3.97. The number of benzene rings is 1. The van der Waals surface area contributed by atoms with Crippen LogP contribution in [0.1, 0.15) is 25.5 Å². The molecule has 0 bridgehead atoms. The van der Waals surface area contributed by atoms with Gasteiger partial charge in [-0.1, -0.05) is 22.9 Å². The molecule has 0 fully saturated rings. The van der Waals surface area contributed by atoms with Crippen molar-refractivity contribution in [2.75, 3.05) is 6.61 Å². The summed E-state index contributed by atoms with van der Waals surface area (Å²) < 4.78 is 6.36. The number of hydrogen-bond donors (Lipinski definition) is 2. The van der Waals surface area contributed by atoms with Crippen molar-refractivity contribution in [1.82, 2.24) is 0 Å². The highest BCUT2D eigenvalue weighted by molar-refractivity contribution is 9.10. The molecule has 94 valence electrons. The second kappa shape index (κ2) is 6.02. The lowest BCUT2D eigenvalue weighted by atomic mass is 10.1. The van der Waals surface area contributed by atoms with Crippen molar-refractivity contribution in [3.8, 4) is 5.75 Å². The minimum absolute atomic E-state index is 0.205. The van der Waals surface area contributed by atoms with E-state index in [0.717, 1.165) is 4.47 Å². The van der Waals surface area contributed by atoms with Crippen LogP contribution in [0.2, 0.25) is 0 Å². The van der Waals surface area contributed by atoms with E-state index >= 15 is 0 Å². The molecule has 1 unspecified atom stereocenters. The van der Waals surface area contributed by atoms with E-state index in [1.807, 2.05) is 6.07 Å². The van der Waals surface area contributed by atoms with Crippen LogP contribution >= 0.6 is 15.9 Å². The Bertz CT molecular complexity index is 407. The molecule has 4 nitrogen and oxygen atoms in total. The lowest BCUT2D eigenvalue weighted by molar-refractivity contribution is -0.122. The molecule has 0 saturated carbocycles. The van der Waals surface area contributed by atoms with Crippen molar-refractivity contribution in [3.63, 3.8) is 0 Å². The number of nitrogens with two attached hydrogens (primary N) is 1. The predicted molar refractivity (Wildman–Crippen MR) is 68.6 cm³/mol. The predicted octanol–water partition coefficient (Wildman–Crippen LogP) is 2.00. The highest BCUT2D eigenvalue weighted by Crippen LogP contribution is 2.28. The normalized spacial score (nSPS) is 14.1. The highest BCUT2D eigenvalue weighted by atomic mass is 79.9. The number of hydrogen-bond acceptors (Lipinski definition) is 3. The SMILES string of the molecule is CC(COc1ccc(Br)cc1[C@@H](C)O)C(N)=O. The molecule has 0 aliphatic rings. The van der Waals surface area contributed by atoms with Gasteiger partial charge in [-0.2, -0.15) is 0 Å². The van der Waals surface area contributed by atoms with Gasteiger partial charge in [-0.3, -0.25) is 4.79 Å². The van der Waals surface area contributed by atoms with E-state index in [-0.39, 0.29) is 12.5 Å². The fraction of sp³-hybridized carbons (Fsp3) is 0.417. The summed E-state index contributed by atoms with van der Waals surface area (Å²) in [5, 5.41) is 9.61. The third-order valence-corrected chi connectivity index (χ3v) is 2.89. The molecule has 0 aliphatic heterocycles. The molecule has 1 aromatic rings. The quantitative estimate of drug-likeness (QED) is 0.874. The fourth-order valence-electron chi connectivity index (χ4n) is 1.27. The monoisotopic (exact) mass is 301 g/mol. The Hall–Kier alpha value is -1.07. The first-order chi connectivity index (χ1) is 7.91. The Balaban J connectivity index is 2.80. The lowest BCUT2D eigenvalue weighted by Crippen LogP contribution is -2.26. The zero-order chi connectivity index (χ0) is 13.0. The Morgan fingerprint density at radius 3 is 2.71 bits per heavy atom. The van der Waals surface area contributed by atoms with Gasteiger partial charge in [0.05, 0.1) is 18.6 Å². The number of amides is 1. The van der Waals surface area contributed by atoms with Gasteiger partial charge in [0.1, 0.15) is 5.75 Å². The number of aliphatic hydroxyl groups excluding tert-OH is 1. The molecule has 0 aliphatic carbocycles. The summed E-state index contributed by atoms with van der Waals surface area (Å²) in [5.74, 6) is -0.197. The van der Waals surface area contributed by atoms with Crippen molar-refractivity contribution < 1.29 is 14.6 Å². The van der Waals surface area contributed by atoms with Crippen LogP contribution < -0.4 is 10.5 Å². The third-order valence-electron chi connectivity index (χ3n) is 2.40. The van der Waals surface area contributed by atoms with Crippen LogP contribution in [0.5, 0.6) is 5.75 Å². The van der Waals surface area contributed by atoms with E-state index in [4.69, 9.17) is 10.5 Å². The first-order valence-electron chi connectivity index (χ1n) is 5.31. The van der Waals surface area contributed by atoms with Gasteiger partial charge in [0.2, 0.25) is 5.91 Å². The molecule has 2 atom stereocenters. The number of rotatable bonds is 5. The second-order valence-corrected chi connectivity index (χ2v) is 4.89. The number of halogens is 1. The zero-order valence-electron chi connectivity index (χ0n) is 9.81. The lowest BCUT2D eigenvalue weighted by Gasteiger charge is -2.15. The minimum Gasteiger partial charge on any atom is -0.492 e. The maximum atomic E-state index is 10.9. The number of aliphatic hydroxyl groups is 1. The van der Waals surface area contributed by atoms with Crippen molar-refractivity contribution >= 4 is 21.8 Å². The Morgan fingerprint density at radius 2 is 2.18 bits per heavy atom. The molecule has 1 rings (SSSR count). The van der Waals surface area contributed by atoms with E-state index < -0.39 is 12.0 Å². The van der Waals surface area contributed by atoms with Crippen LogP contribution in [0.4, 0.5) is 0 Å². The molecule has 17 heavy (non-hydrogen) atoms. The van der Waals surface area contributed by atoms with E-state index in [1.165, 1.54) is 0 Å². The standard InChI is InChI=1S/C12H16BrNO3/c1-7(12(14)16)6-17-11-4-3-9(13)5-10(11)8(2)15/h3-5,7-8,15H,6H2,1-2H3,(H2,14,16)/t7?,8-/m1/s1. The van der Waals surface area contributed by atoms with Gasteiger partial charge in [-0.25, -0.2) is 0 Å². The molecule has 0 radical (unpaired) electrons. The van der Waals surface area contributed by atoms with Crippen LogP contribution in [0, 0.1) is 5.92 Å². The van der Waals surface area contributed by atoms with Crippen molar-refractivity contribution in [3.05, 3.63) is 28.2 Å². The Labute approximate surface area is 109 Å². The van der Waals surface area contributed by atoms with Crippen molar-refractivity contribution in [2.24, 2.45) is 11.7 Å². The smallest absolute Gasteiger partial charge is 0.223 e. The fourth-order valence-corrected chi connectivity index (χ4v) is 1.65. The van der Waals surface area contributed by atoms with Crippen molar-refractivity contribution in [1.29, 1.82) is 0 Å². The summed E-state index contributed by atoms with van der Waals surface area (Å²) in [5.41, 5.74) is 5.82. The Morgan fingerprint density at radius 1 is 1.53 bits per heavy atom. The summed E-state index contributed by atoms with van der Waals surface area (Å²) in [4.78, 5) is 10.9. The van der Waals surface area contributed by atoms with Crippen LogP contribution in [0.25, 0.3) is 0 Å². The van der Waals surface area contributed by atoms with Gasteiger partial charge in [-0.05, 0) is 25.1 Å². The van der Waals surface area contributed by atoms with E-state index in [1.54, 1.807) is 26.0 Å². The van der Waals surface area contributed by atoms with Gasteiger partial charge in [-0.15, -0.1) is 0 Å². The highest BCUT2D eigenvalue weighted by Gasteiger charge is 2.13. The molecular weight excluding hydrogens is 286 g/mol. The van der Waals surface area contributed by atoms with E-state index in [2.05, 4.69) is 15.9 Å². The van der Waals surface area contributed by atoms with Crippen molar-refractivity contribution in [2.45, 2.75) is 20.0 Å². The van der Waals surface area contributed by atoms with E-state index in [9.17, 15) is 9.90 Å². The van der Waals surface area contributed by atoms with Gasteiger partial charge >= 0.3 is 0 Å². The van der Waals surface area contributed by atoms with Crippen LogP contribution in [-0.2, 0) is 4.79 Å². The number of primary amides is 1. The molecule has 0 saturated heterocycles. The average molecular weight is 302 g/mol. The molecule has 0 heterocycles. The molecule has 0 aromatic heterocycles. The van der Waals surface area contributed by atoms with Gasteiger partial charge in [0.15, 0.2) is 0 Å². The first-order valence-corrected chi connectivity index (χ1v) is 6.10. The number of carbonyl (C=O) groups excluding carboxylic acids is 1. The summed E-state index contributed by atoms with van der Waals surface area (Å²) >= 11 is 3.33. The molecule has 5 heteroatoms. The summed E-state index contributed by atoms with van der Waals surface area (Å²) in [6.45, 7) is 3.56. The Kier molecular flexibility index (Phi) is 4.96. The summed E-state index contributed by atoms with van der Waals surface area (Å²) in [6.07, 6.45) is -0.633. The molecule has 1 amide bonds. The third kappa shape index (κ3) is 4.02. The average Bonchev–Trinajstić information content (AvgIpc) is 2.26. The van der Waals surface area contributed by atoms with Gasteiger partial charge in [0.25, 0.3) is 0 Å². The first kappa shape index (κ1) is 14.0. The van der Waals surface area contributed by atoms with E-state index in [0.29, 0.717) is 11.3 Å². The topological polar surface area (TPSA) is 72.6 Å². The zero-order valence-corrected chi connectivity index (χ0v) is 11.4. The number of carbonyl (C=O) groups is 1. The largest absolute Gasteiger partial charge is 0.492 e. The van der Waals surface area contributed by atoms with Gasteiger partial charge < -0.3 is 15.6 Å². The summed E-state index contributed by atoms with van der Waals surface area (Å²) in [6, 6.07) is 5.35. The molecular formula is C12H16BrNO3. The van der Waals surface area contributed by atoms with Crippen LogP contribution in [0.3, 0.4) is 0 Å².